The molecular weight excluding hydrogens is 177 g/mol. The Kier molecular flexibility index (Phi) is 2.83. The van der Waals surface area contributed by atoms with Gasteiger partial charge in [0.2, 0.25) is 0 Å². The molecule has 0 bridgehead atoms. The molecule has 1 aliphatic heterocycles. The van der Waals surface area contributed by atoms with E-state index < -0.39 is 5.67 Å². The summed E-state index contributed by atoms with van der Waals surface area (Å²) in [6.45, 7) is 6.98. The van der Waals surface area contributed by atoms with Crippen LogP contribution in [-0.2, 0) is 0 Å². The van der Waals surface area contributed by atoms with Crippen LogP contribution in [-0.4, -0.2) is 30.2 Å². The van der Waals surface area contributed by atoms with E-state index >= 15 is 0 Å². The van der Waals surface area contributed by atoms with E-state index in [2.05, 4.69) is 4.90 Å². The Balaban J connectivity index is 1.88. The van der Waals surface area contributed by atoms with Crippen molar-refractivity contribution in [1.82, 2.24) is 4.90 Å². The van der Waals surface area contributed by atoms with Gasteiger partial charge in [-0.05, 0) is 44.1 Å². The van der Waals surface area contributed by atoms with Gasteiger partial charge in [-0.1, -0.05) is 13.8 Å². The second-order valence-corrected chi connectivity index (χ2v) is 5.47. The van der Waals surface area contributed by atoms with Gasteiger partial charge in [-0.25, -0.2) is 4.39 Å². The van der Waals surface area contributed by atoms with Crippen LogP contribution in [0.1, 0.15) is 39.5 Å². The standard InChI is InChI=1S/C12H22FN/c1-10(2)12(13)6-3-7-14(9-12)8-11-4-5-11/h10-11H,3-9H2,1-2H3/t12-/m0/s1. The molecule has 1 saturated carbocycles. The van der Waals surface area contributed by atoms with Crippen LogP contribution >= 0.6 is 0 Å². The maximum absolute atomic E-state index is 14.4. The number of hydrogen-bond donors (Lipinski definition) is 0. The summed E-state index contributed by atoms with van der Waals surface area (Å²) in [6, 6.07) is 0. The Morgan fingerprint density at radius 3 is 2.71 bits per heavy atom. The van der Waals surface area contributed by atoms with Crippen molar-refractivity contribution in [2.75, 3.05) is 19.6 Å². The minimum atomic E-state index is -0.910. The van der Waals surface area contributed by atoms with Gasteiger partial charge in [-0.2, -0.15) is 0 Å². The predicted molar refractivity (Wildman–Crippen MR) is 57.1 cm³/mol. The molecule has 0 radical (unpaired) electrons. The highest BCUT2D eigenvalue weighted by molar-refractivity contribution is 4.91. The highest BCUT2D eigenvalue weighted by atomic mass is 19.1. The van der Waals surface area contributed by atoms with Gasteiger partial charge in [0.05, 0.1) is 0 Å². The smallest absolute Gasteiger partial charge is 0.126 e. The Labute approximate surface area is 86.7 Å². The number of piperidine rings is 1. The van der Waals surface area contributed by atoms with Crippen molar-refractivity contribution in [3.05, 3.63) is 0 Å². The zero-order valence-corrected chi connectivity index (χ0v) is 9.43. The Morgan fingerprint density at radius 1 is 1.43 bits per heavy atom. The molecule has 0 unspecified atom stereocenters. The summed E-state index contributed by atoms with van der Waals surface area (Å²) in [5.74, 6) is 1.06. The lowest BCUT2D eigenvalue weighted by Crippen LogP contribution is -2.48. The van der Waals surface area contributed by atoms with Gasteiger partial charge in [-0.3, -0.25) is 4.90 Å². The summed E-state index contributed by atoms with van der Waals surface area (Å²) in [5, 5.41) is 0. The van der Waals surface area contributed by atoms with Gasteiger partial charge in [0.25, 0.3) is 0 Å². The molecule has 2 aliphatic rings. The van der Waals surface area contributed by atoms with Gasteiger partial charge < -0.3 is 0 Å². The van der Waals surface area contributed by atoms with Gasteiger partial charge in [0, 0.05) is 13.1 Å². The summed E-state index contributed by atoms with van der Waals surface area (Å²) in [4.78, 5) is 2.35. The van der Waals surface area contributed by atoms with E-state index in [-0.39, 0.29) is 5.92 Å². The van der Waals surface area contributed by atoms with Crippen LogP contribution in [0.25, 0.3) is 0 Å². The lowest BCUT2D eigenvalue weighted by molar-refractivity contribution is 0.00651. The van der Waals surface area contributed by atoms with Crippen LogP contribution in [0.5, 0.6) is 0 Å². The minimum absolute atomic E-state index is 0.171. The Hall–Kier alpha value is -0.110. The molecule has 0 N–H and O–H groups in total. The molecule has 1 aliphatic carbocycles. The maximum atomic E-state index is 14.4. The van der Waals surface area contributed by atoms with Crippen molar-refractivity contribution in [1.29, 1.82) is 0 Å². The molecule has 0 spiro atoms. The summed E-state index contributed by atoms with van der Waals surface area (Å²) in [5.41, 5.74) is -0.910. The van der Waals surface area contributed by atoms with Crippen LogP contribution in [0.2, 0.25) is 0 Å². The molecule has 0 aromatic carbocycles. The van der Waals surface area contributed by atoms with Gasteiger partial charge in [-0.15, -0.1) is 0 Å². The fourth-order valence-corrected chi connectivity index (χ4v) is 2.42. The third-order valence-electron chi connectivity index (χ3n) is 3.80. The third kappa shape index (κ3) is 2.28. The van der Waals surface area contributed by atoms with E-state index in [1.165, 1.54) is 12.8 Å². The minimum Gasteiger partial charge on any atom is -0.300 e. The van der Waals surface area contributed by atoms with Crippen molar-refractivity contribution in [2.24, 2.45) is 11.8 Å². The van der Waals surface area contributed by atoms with Gasteiger partial charge >= 0.3 is 0 Å². The summed E-state index contributed by atoms with van der Waals surface area (Å²) in [6.07, 6.45) is 4.56. The number of rotatable bonds is 3. The topological polar surface area (TPSA) is 3.24 Å². The lowest BCUT2D eigenvalue weighted by atomic mass is 9.84. The largest absolute Gasteiger partial charge is 0.300 e. The van der Waals surface area contributed by atoms with E-state index in [1.807, 2.05) is 13.8 Å². The van der Waals surface area contributed by atoms with E-state index in [1.54, 1.807) is 0 Å². The number of halogens is 1. The highest BCUT2D eigenvalue weighted by Crippen LogP contribution is 2.35. The van der Waals surface area contributed by atoms with Crippen LogP contribution in [0.3, 0.4) is 0 Å². The monoisotopic (exact) mass is 199 g/mol. The van der Waals surface area contributed by atoms with Crippen molar-refractivity contribution in [2.45, 2.75) is 45.2 Å². The normalized spacial score (nSPS) is 35.1. The Bertz CT molecular complexity index is 200. The zero-order chi connectivity index (χ0) is 10.2. The molecule has 1 heterocycles. The molecular formula is C12H22FN. The molecule has 2 rings (SSSR count). The molecule has 2 heteroatoms. The number of nitrogens with zero attached hydrogens (tertiary/aromatic N) is 1. The molecule has 2 fully saturated rings. The fraction of sp³-hybridized carbons (Fsp3) is 1.00. The van der Waals surface area contributed by atoms with Crippen molar-refractivity contribution in [3.8, 4) is 0 Å². The van der Waals surface area contributed by atoms with E-state index in [4.69, 9.17) is 0 Å². The molecule has 14 heavy (non-hydrogen) atoms. The first-order valence-electron chi connectivity index (χ1n) is 6.01. The summed E-state index contributed by atoms with van der Waals surface area (Å²) in [7, 11) is 0. The quantitative estimate of drug-likeness (QED) is 0.675. The molecule has 0 amide bonds. The highest BCUT2D eigenvalue weighted by Gasteiger charge is 2.39. The van der Waals surface area contributed by atoms with Crippen LogP contribution in [0.15, 0.2) is 0 Å². The lowest BCUT2D eigenvalue weighted by Gasteiger charge is -2.40. The van der Waals surface area contributed by atoms with Crippen molar-refractivity contribution >= 4 is 0 Å². The summed E-state index contributed by atoms with van der Waals surface area (Å²) >= 11 is 0. The fourth-order valence-electron chi connectivity index (χ4n) is 2.42. The van der Waals surface area contributed by atoms with E-state index in [0.29, 0.717) is 6.54 Å². The first-order chi connectivity index (χ1) is 6.60. The van der Waals surface area contributed by atoms with Crippen LogP contribution in [0, 0.1) is 11.8 Å². The second-order valence-electron chi connectivity index (χ2n) is 5.47. The zero-order valence-electron chi connectivity index (χ0n) is 9.43. The summed E-state index contributed by atoms with van der Waals surface area (Å²) < 4.78 is 14.4. The van der Waals surface area contributed by atoms with Crippen molar-refractivity contribution in [3.63, 3.8) is 0 Å². The average molecular weight is 199 g/mol. The van der Waals surface area contributed by atoms with E-state index in [0.717, 1.165) is 31.8 Å². The van der Waals surface area contributed by atoms with Crippen LogP contribution < -0.4 is 0 Å². The van der Waals surface area contributed by atoms with Crippen molar-refractivity contribution < 1.29 is 4.39 Å². The average Bonchev–Trinajstić information content (AvgIpc) is 2.88. The van der Waals surface area contributed by atoms with Gasteiger partial charge in [0.15, 0.2) is 0 Å². The Morgan fingerprint density at radius 2 is 2.14 bits per heavy atom. The molecule has 1 saturated heterocycles. The number of likely N-dealkylation sites (tertiary alicyclic amines) is 1. The maximum Gasteiger partial charge on any atom is 0.126 e. The molecule has 82 valence electrons. The molecule has 0 aromatic rings. The third-order valence-corrected chi connectivity index (χ3v) is 3.80. The van der Waals surface area contributed by atoms with E-state index in [9.17, 15) is 4.39 Å². The number of alkyl halides is 1. The first-order valence-corrected chi connectivity index (χ1v) is 6.01. The molecule has 1 atom stereocenters. The molecule has 0 aromatic heterocycles. The second kappa shape index (κ2) is 3.80. The van der Waals surface area contributed by atoms with Crippen LogP contribution in [0.4, 0.5) is 4.39 Å². The predicted octanol–water partition coefficient (Wildman–Crippen LogP) is 2.86. The number of hydrogen-bond acceptors (Lipinski definition) is 1. The van der Waals surface area contributed by atoms with Gasteiger partial charge in [0.1, 0.15) is 5.67 Å². The molecule has 1 nitrogen and oxygen atoms in total. The first kappa shape index (κ1) is 10.4. The SMILES string of the molecule is CC(C)[C@]1(F)CCCN(CC2CC2)C1.